The third-order valence-electron chi connectivity index (χ3n) is 5.32. The molecule has 0 saturated carbocycles. The molecule has 0 N–H and O–H groups in total. The summed E-state index contributed by atoms with van der Waals surface area (Å²) >= 11 is 0. The number of hydrogen-bond acceptors (Lipinski definition) is 3. The topological polar surface area (TPSA) is 38.7 Å². The van der Waals surface area contributed by atoms with E-state index in [1.54, 1.807) is 6.33 Å². The lowest BCUT2D eigenvalue weighted by Crippen LogP contribution is -1.97. The fourth-order valence-electron chi connectivity index (χ4n) is 3.89. The van der Waals surface area contributed by atoms with E-state index in [1.165, 1.54) is 33.4 Å². The van der Waals surface area contributed by atoms with Crippen LogP contribution in [0.3, 0.4) is 0 Å². The van der Waals surface area contributed by atoms with Crippen LogP contribution in [0.5, 0.6) is 0 Å². The number of rotatable bonds is 2. The minimum Gasteiger partial charge on any atom is -0.260 e. The van der Waals surface area contributed by atoms with Crippen molar-refractivity contribution < 1.29 is 1.43 Å². The van der Waals surface area contributed by atoms with E-state index in [0.717, 1.165) is 35.9 Å². The van der Waals surface area contributed by atoms with Gasteiger partial charge in [-0.15, -0.1) is 0 Å². The first kappa shape index (κ1) is 15.2. The van der Waals surface area contributed by atoms with Crippen LogP contribution >= 0.6 is 0 Å². The lowest BCUT2D eigenvalue weighted by atomic mass is 9.92. The van der Waals surface area contributed by atoms with Gasteiger partial charge in [0.05, 0.1) is 11.2 Å². The molecule has 3 heteroatoms. The molecule has 0 atom stereocenters. The summed E-state index contributed by atoms with van der Waals surface area (Å²) in [7, 11) is 0. The van der Waals surface area contributed by atoms with Gasteiger partial charge < -0.3 is 0 Å². The SMILES string of the molecule is CC1=C(c2cnc3c(c2)C(c2ccc4ncncc4c2)=CC3)C=CCC1.[HH]. The smallest absolute Gasteiger partial charge is 0.116 e. The van der Waals surface area contributed by atoms with Gasteiger partial charge in [-0.1, -0.05) is 29.9 Å². The Kier molecular flexibility index (Phi) is 3.52. The Morgan fingerprint density at radius 2 is 2.00 bits per heavy atom. The van der Waals surface area contributed by atoms with Crippen LogP contribution in [-0.2, 0) is 6.42 Å². The van der Waals surface area contributed by atoms with Crippen molar-refractivity contribution in [2.45, 2.75) is 26.2 Å². The molecule has 0 amide bonds. The van der Waals surface area contributed by atoms with E-state index in [2.05, 4.69) is 59.4 Å². The molecule has 2 aliphatic rings. The van der Waals surface area contributed by atoms with E-state index >= 15 is 0 Å². The number of allylic oxidation sites excluding steroid dienone is 5. The van der Waals surface area contributed by atoms with Gasteiger partial charge >= 0.3 is 0 Å². The molecular formula is C23H21N3. The Morgan fingerprint density at radius 1 is 1.04 bits per heavy atom. The summed E-state index contributed by atoms with van der Waals surface area (Å²) in [4.78, 5) is 13.2. The van der Waals surface area contributed by atoms with Gasteiger partial charge in [0.25, 0.3) is 0 Å². The van der Waals surface area contributed by atoms with Crippen molar-refractivity contribution in [1.29, 1.82) is 0 Å². The van der Waals surface area contributed by atoms with Gasteiger partial charge in [-0.3, -0.25) is 4.98 Å². The molecule has 0 unspecified atom stereocenters. The molecule has 0 saturated heterocycles. The van der Waals surface area contributed by atoms with Crippen molar-refractivity contribution in [3.05, 3.63) is 89.2 Å². The Morgan fingerprint density at radius 3 is 2.92 bits per heavy atom. The molecule has 3 aromatic rings. The first-order valence-corrected chi connectivity index (χ1v) is 9.06. The van der Waals surface area contributed by atoms with Gasteiger partial charge in [0, 0.05) is 36.8 Å². The molecule has 0 aliphatic heterocycles. The molecule has 26 heavy (non-hydrogen) atoms. The maximum atomic E-state index is 4.76. The zero-order valence-electron chi connectivity index (χ0n) is 14.7. The van der Waals surface area contributed by atoms with E-state index in [9.17, 15) is 0 Å². The molecule has 0 spiro atoms. The average molecular weight is 339 g/mol. The second kappa shape index (κ2) is 6.03. The highest BCUT2D eigenvalue weighted by Crippen LogP contribution is 2.36. The van der Waals surface area contributed by atoms with Gasteiger partial charge in [-0.25, -0.2) is 9.97 Å². The minimum atomic E-state index is 0. The summed E-state index contributed by atoms with van der Waals surface area (Å²) in [5.41, 5.74) is 9.83. The Bertz CT molecular complexity index is 1130. The van der Waals surface area contributed by atoms with E-state index in [-0.39, 0.29) is 1.43 Å². The number of aromatic nitrogens is 3. The third kappa shape index (κ3) is 2.48. The molecule has 5 rings (SSSR count). The molecule has 0 radical (unpaired) electrons. The van der Waals surface area contributed by atoms with Crippen LogP contribution in [0.4, 0.5) is 0 Å². The van der Waals surface area contributed by atoms with Gasteiger partial charge in [0.2, 0.25) is 0 Å². The summed E-state index contributed by atoms with van der Waals surface area (Å²) in [6.07, 6.45) is 15.4. The van der Waals surface area contributed by atoms with Crippen molar-refractivity contribution in [3.8, 4) is 0 Å². The van der Waals surface area contributed by atoms with E-state index in [0.29, 0.717) is 0 Å². The van der Waals surface area contributed by atoms with Crippen LogP contribution in [-0.4, -0.2) is 15.0 Å². The lowest BCUT2D eigenvalue weighted by molar-refractivity contribution is 0.966. The lowest BCUT2D eigenvalue weighted by Gasteiger charge is -2.14. The zero-order valence-corrected chi connectivity index (χ0v) is 14.7. The highest BCUT2D eigenvalue weighted by Gasteiger charge is 2.19. The van der Waals surface area contributed by atoms with Crippen LogP contribution < -0.4 is 0 Å². The minimum absolute atomic E-state index is 0. The van der Waals surface area contributed by atoms with Gasteiger partial charge in [-0.05, 0) is 54.7 Å². The first-order valence-electron chi connectivity index (χ1n) is 9.06. The van der Waals surface area contributed by atoms with Crippen molar-refractivity contribution >= 4 is 22.0 Å². The highest BCUT2D eigenvalue weighted by atomic mass is 14.8. The van der Waals surface area contributed by atoms with Gasteiger partial charge in [-0.2, -0.15) is 0 Å². The van der Waals surface area contributed by atoms with Crippen LogP contribution in [0.15, 0.2) is 66.8 Å². The summed E-state index contributed by atoms with van der Waals surface area (Å²) in [6.45, 7) is 2.23. The third-order valence-corrected chi connectivity index (χ3v) is 5.32. The maximum Gasteiger partial charge on any atom is 0.116 e. The van der Waals surface area contributed by atoms with Crippen LogP contribution in [0, 0.1) is 0 Å². The highest BCUT2D eigenvalue weighted by molar-refractivity contribution is 5.90. The van der Waals surface area contributed by atoms with Gasteiger partial charge in [0.15, 0.2) is 0 Å². The Labute approximate surface area is 154 Å². The zero-order chi connectivity index (χ0) is 17.5. The average Bonchev–Trinajstić information content (AvgIpc) is 3.11. The molecule has 2 aliphatic carbocycles. The molecule has 0 bridgehead atoms. The molecular weight excluding hydrogens is 318 g/mol. The monoisotopic (exact) mass is 339 g/mol. The predicted molar refractivity (Wildman–Crippen MR) is 108 cm³/mol. The molecule has 0 fully saturated rings. The normalized spacial score (nSPS) is 16.1. The molecule has 2 aromatic heterocycles. The second-order valence-corrected chi connectivity index (χ2v) is 6.97. The number of fused-ring (bicyclic) bond motifs is 2. The summed E-state index contributed by atoms with van der Waals surface area (Å²) < 4.78 is 0. The van der Waals surface area contributed by atoms with Gasteiger partial charge in [0.1, 0.15) is 6.33 Å². The van der Waals surface area contributed by atoms with Crippen molar-refractivity contribution in [1.82, 2.24) is 15.0 Å². The first-order chi connectivity index (χ1) is 12.8. The summed E-state index contributed by atoms with van der Waals surface area (Å²) in [5.74, 6) is 0. The largest absolute Gasteiger partial charge is 0.260 e. The predicted octanol–water partition coefficient (Wildman–Crippen LogP) is 5.38. The Balaban J connectivity index is 0.00000180. The number of hydrogen-bond donors (Lipinski definition) is 0. The standard InChI is InChI=1S/C23H19N3.H2/c1-15-4-2-3-5-19(15)17-11-21-20(7-9-23(21)25-13-17)16-6-8-22-18(10-16)12-24-14-26-22;/h3,5-8,10-14H,2,4,9H2,1H3;1H. The fraction of sp³-hybridized carbons (Fsp3) is 0.174. The van der Waals surface area contributed by atoms with Crippen molar-refractivity contribution in [2.75, 3.05) is 0 Å². The number of pyridine rings is 1. The second-order valence-electron chi connectivity index (χ2n) is 6.97. The van der Waals surface area contributed by atoms with E-state index in [1.807, 2.05) is 12.4 Å². The van der Waals surface area contributed by atoms with Crippen LogP contribution in [0.1, 0.15) is 43.6 Å². The van der Waals surface area contributed by atoms with Crippen LogP contribution in [0.2, 0.25) is 0 Å². The quantitative estimate of drug-likeness (QED) is 0.629. The maximum absolute atomic E-state index is 4.76. The van der Waals surface area contributed by atoms with Crippen LogP contribution in [0.25, 0.3) is 22.0 Å². The van der Waals surface area contributed by atoms with Crippen molar-refractivity contribution in [3.63, 3.8) is 0 Å². The number of nitrogens with zero attached hydrogens (tertiary/aromatic N) is 3. The molecule has 128 valence electrons. The number of benzene rings is 1. The Hall–Kier alpha value is -3.07. The molecule has 2 heterocycles. The van der Waals surface area contributed by atoms with E-state index in [4.69, 9.17) is 4.98 Å². The van der Waals surface area contributed by atoms with Crippen molar-refractivity contribution in [2.24, 2.45) is 0 Å². The molecule has 3 nitrogen and oxygen atoms in total. The van der Waals surface area contributed by atoms with E-state index < -0.39 is 0 Å². The fourth-order valence-corrected chi connectivity index (χ4v) is 3.89. The molecule has 1 aromatic carbocycles. The summed E-state index contributed by atoms with van der Waals surface area (Å²) in [6, 6.07) is 8.70. The summed E-state index contributed by atoms with van der Waals surface area (Å²) in [5, 5.41) is 1.07.